The van der Waals surface area contributed by atoms with Crippen LogP contribution in [0.15, 0.2) is 24.3 Å². The van der Waals surface area contributed by atoms with Crippen LogP contribution in [-0.2, 0) is 0 Å². The summed E-state index contributed by atoms with van der Waals surface area (Å²) in [6, 6.07) is 8.63. The number of aliphatic hydroxyl groups excluding tert-OH is 1. The first-order valence-electron chi connectivity index (χ1n) is 8.59. The lowest BCUT2D eigenvalue weighted by atomic mass is 9.71. The lowest BCUT2D eigenvalue weighted by Gasteiger charge is -2.47. The number of nitrogens with zero attached hydrogens (tertiary/aromatic N) is 1. The smallest absolute Gasteiger partial charge is 0.0976 e. The Labute approximate surface area is 129 Å². The Hall–Kier alpha value is -0.860. The summed E-state index contributed by atoms with van der Waals surface area (Å²) in [5, 5.41) is 11.3. The molecule has 0 saturated heterocycles. The maximum atomic E-state index is 11.3. The molecule has 0 aromatic heterocycles. The van der Waals surface area contributed by atoms with Gasteiger partial charge in [0.2, 0.25) is 0 Å². The third kappa shape index (κ3) is 2.64. The fraction of sp³-hybridized carbons (Fsp3) is 0.684. The van der Waals surface area contributed by atoms with Gasteiger partial charge in [0, 0.05) is 0 Å². The third-order valence-electron chi connectivity index (χ3n) is 5.95. The second-order valence-corrected chi connectivity index (χ2v) is 7.22. The molecule has 0 radical (unpaired) electrons. The number of aliphatic hydroxyl groups is 1. The first-order chi connectivity index (χ1) is 10.1. The minimum absolute atomic E-state index is 0.0713. The molecule has 0 bridgehead atoms. The predicted octanol–water partition coefficient (Wildman–Crippen LogP) is 4.25. The van der Waals surface area contributed by atoms with E-state index in [2.05, 4.69) is 43.3 Å². The van der Waals surface area contributed by atoms with Gasteiger partial charge in [-0.15, -0.1) is 0 Å². The molecule has 0 heterocycles. The van der Waals surface area contributed by atoms with Crippen LogP contribution in [-0.4, -0.2) is 29.6 Å². The molecular formula is C19H29NO. The highest BCUT2D eigenvalue weighted by atomic mass is 16.3. The SMILES string of the molecule is CN(C)C1(C(O)c2ccccc2C2CCC2)CCCCC1. The van der Waals surface area contributed by atoms with E-state index in [-0.39, 0.29) is 11.6 Å². The van der Waals surface area contributed by atoms with Crippen molar-refractivity contribution in [2.24, 2.45) is 0 Å². The van der Waals surface area contributed by atoms with Crippen molar-refractivity contribution in [3.63, 3.8) is 0 Å². The Morgan fingerprint density at radius 3 is 2.29 bits per heavy atom. The summed E-state index contributed by atoms with van der Waals surface area (Å²) in [6.07, 6.45) is 9.57. The van der Waals surface area contributed by atoms with Crippen molar-refractivity contribution in [1.29, 1.82) is 0 Å². The van der Waals surface area contributed by atoms with Crippen LogP contribution in [0.3, 0.4) is 0 Å². The van der Waals surface area contributed by atoms with E-state index in [4.69, 9.17) is 0 Å². The Kier molecular flexibility index (Phi) is 4.37. The van der Waals surface area contributed by atoms with E-state index in [1.54, 1.807) is 0 Å². The van der Waals surface area contributed by atoms with Crippen molar-refractivity contribution in [2.45, 2.75) is 68.9 Å². The van der Waals surface area contributed by atoms with E-state index in [9.17, 15) is 5.11 Å². The molecule has 0 spiro atoms. The van der Waals surface area contributed by atoms with Crippen LogP contribution in [0.25, 0.3) is 0 Å². The van der Waals surface area contributed by atoms with Crippen molar-refractivity contribution >= 4 is 0 Å². The first-order valence-corrected chi connectivity index (χ1v) is 8.59. The molecule has 1 N–H and O–H groups in total. The van der Waals surface area contributed by atoms with Crippen LogP contribution in [0.4, 0.5) is 0 Å². The van der Waals surface area contributed by atoms with Crippen molar-refractivity contribution in [3.05, 3.63) is 35.4 Å². The summed E-state index contributed by atoms with van der Waals surface area (Å²) in [5.74, 6) is 0.679. The van der Waals surface area contributed by atoms with Crippen LogP contribution < -0.4 is 0 Å². The van der Waals surface area contributed by atoms with Gasteiger partial charge in [0.1, 0.15) is 0 Å². The summed E-state index contributed by atoms with van der Waals surface area (Å²) in [4.78, 5) is 2.29. The molecule has 2 aliphatic carbocycles. The molecule has 0 amide bonds. The Morgan fingerprint density at radius 2 is 1.71 bits per heavy atom. The van der Waals surface area contributed by atoms with Gasteiger partial charge in [-0.2, -0.15) is 0 Å². The second-order valence-electron chi connectivity index (χ2n) is 7.22. The summed E-state index contributed by atoms with van der Waals surface area (Å²) < 4.78 is 0. The number of hydrogen-bond donors (Lipinski definition) is 1. The number of benzene rings is 1. The van der Waals surface area contributed by atoms with Gasteiger partial charge in [-0.1, -0.05) is 49.9 Å². The van der Waals surface area contributed by atoms with Gasteiger partial charge in [-0.05, 0) is 56.8 Å². The van der Waals surface area contributed by atoms with E-state index >= 15 is 0 Å². The van der Waals surface area contributed by atoms with Gasteiger partial charge in [-0.3, -0.25) is 0 Å². The summed E-state index contributed by atoms with van der Waals surface area (Å²) in [5.41, 5.74) is 2.53. The molecule has 0 aliphatic heterocycles. The molecular weight excluding hydrogens is 258 g/mol. The van der Waals surface area contributed by atoms with Crippen molar-refractivity contribution in [3.8, 4) is 0 Å². The molecule has 2 saturated carbocycles. The van der Waals surface area contributed by atoms with Gasteiger partial charge >= 0.3 is 0 Å². The molecule has 2 heteroatoms. The predicted molar refractivity (Wildman–Crippen MR) is 87.5 cm³/mol. The fourth-order valence-corrected chi connectivity index (χ4v) is 4.27. The molecule has 2 aliphatic rings. The van der Waals surface area contributed by atoms with E-state index in [0.717, 1.165) is 12.8 Å². The molecule has 116 valence electrons. The van der Waals surface area contributed by atoms with Crippen LogP contribution in [0, 0.1) is 0 Å². The van der Waals surface area contributed by atoms with Gasteiger partial charge < -0.3 is 10.0 Å². The van der Waals surface area contributed by atoms with Gasteiger partial charge in [-0.25, -0.2) is 0 Å². The van der Waals surface area contributed by atoms with E-state index in [1.165, 1.54) is 49.7 Å². The van der Waals surface area contributed by atoms with E-state index < -0.39 is 0 Å². The Balaban J connectivity index is 1.94. The first kappa shape index (κ1) is 15.1. The molecule has 21 heavy (non-hydrogen) atoms. The molecule has 2 fully saturated rings. The lowest BCUT2D eigenvalue weighted by molar-refractivity contribution is -0.0343. The maximum absolute atomic E-state index is 11.3. The van der Waals surface area contributed by atoms with Gasteiger partial charge in [0.15, 0.2) is 0 Å². The highest BCUT2D eigenvalue weighted by molar-refractivity contribution is 5.35. The highest BCUT2D eigenvalue weighted by Gasteiger charge is 2.43. The standard InChI is InChI=1S/C19H29NO/c1-20(2)19(13-6-3-7-14-19)18(21)17-12-5-4-11-16(17)15-9-8-10-15/h4-5,11-12,15,18,21H,3,6-10,13-14H2,1-2H3. The van der Waals surface area contributed by atoms with E-state index in [1.807, 2.05) is 0 Å². The number of rotatable bonds is 4. The van der Waals surface area contributed by atoms with Crippen LogP contribution in [0.5, 0.6) is 0 Å². The normalized spacial score (nSPS) is 23.8. The highest BCUT2D eigenvalue weighted by Crippen LogP contribution is 2.46. The minimum atomic E-state index is -0.357. The summed E-state index contributed by atoms with van der Waals surface area (Å²) in [6.45, 7) is 0. The van der Waals surface area contributed by atoms with Crippen molar-refractivity contribution < 1.29 is 5.11 Å². The van der Waals surface area contributed by atoms with Crippen LogP contribution >= 0.6 is 0 Å². The average molecular weight is 287 g/mol. The summed E-state index contributed by atoms with van der Waals surface area (Å²) in [7, 11) is 4.28. The zero-order chi connectivity index (χ0) is 14.9. The molecule has 1 aromatic rings. The van der Waals surface area contributed by atoms with Crippen molar-refractivity contribution in [2.75, 3.05) is 14.1 Å². The monoisotopic (exact) mass is 287 g/mol. The van der Waals surface area contributed by atoms with Crippen molar-refractivity contribution in [1.82, 2.24) is 4.90 Å². The topological polar surface area (TPSA) is 23.5 Å². The zero-order valence-electron chi connectivity index (χ0n) is 13.5. The third-order valence-corrected chi connectivity index (χ3v) is 5.95. The lowest BCUT2D eigenvalue weighted by Crippen LogP contribution is -2.50. The summed E-state index contributed by atoms with van der Waals surface area (Å²) >= 11 is 0. The molecule has 1 atom stereocenters. The Bertz CT molecular complexity index is 472. The fourth-order valence-electron chi connectivity index (χ4n) is 4.27. The maximum Gasteiger partial charge on any atom is 0.0976 e. The Morgan fingerprint density at radius 1 is 1.05 bits per heavy atom. The number of hydrogen-bond acceptors (Lipinski definition) is 2. The second kappa shape index (κ2) is 6.10. The molecule has 1 aromatic carbocycles. The van der Waals surface area contributed by atoms with Gasteiger partial charge in [0.05, 0.1) is 11.6 Å². The molecule has 3 rings (SSSR count). The number of likely N-dealkylation sites (N-methyl/N-ethyl adjacent to an activating group) is 1. The van der Waals surface area contributed by atoms with Crippen LogP contribution in [0.1, 0.15) is 74.5 Å². The minimum Gasteiger partial charge on any atom is -0.386 e. The van der Waals surface area contributed by atoms with Crippen LogP contribution in [0.2, 0.25) is 0 Å². The average Bonchev–Trinajstić information content (AvgIpc) is 2.46. The largest absolute Gasteiger partial charge is 0.386 e. The molecule has 1 unspecified atom stereocenters. The zero-order valence-corrected chi connectivity index (χ0v) is 13.5. The van der Waals surface area contributed by atoms with Gasteiger partial charge in [0.25, 0.3) is 0 Å². The quantitative estimate of drug-likeness (QED) is 0.894. The molecule has 2 nitrogen and oxygen atoms in total. The van der Waals surface area contributed by atoms with E-state index in [0.29, 0.717) is 5.92 Å².